The highest BCUT2D eigenvalue weighted by molar-refractivity contribution is 5.69. The molecule has 8 nitrogen and oxygen atoms in total. The second-order valence-corrected chi connectivity index (χ2v) is 0.640. The average Bonchev–Trinajstić information content (AvgIpc) is 1.25. The van der Waals surface area contributed by atoms with E-state index in [0.717, 1.165) is 0 Å². The van der Waals surface area contributed by atoms with E-state index in [2.05, 4.69) is 11.5 Å². The molecule has 2 amide bonds. The quantitative estimate of drug-likeness (QED) is 0.252. The summed E-state index contributed by atoms with van der Waals surface area (Å²) in [6.07, 6.45) is 0. The van der Waals surface area contributed by atoms with E-state index >= 15 is 0 Å². The van der Waals surface area contributed by atoms with Crippen molar-refractivity contribution < 1.29 is 15.1 Å². The zero-order valence-corrected chi connectivity index (χ0v) is 4.77. The van der Waals surface area contributed by atoms with Crippen molar-refractivity contribution in [2.45, 2.75) is 0 Å². The Morgan fingerprint density at radius 3 is 1.56 bits per heavy atom. The van der Waals surface area contributed by atoms with E-state index in [1.807, 2.05) is 0 Å². The molecule has 0 aliphatic rings. The fourth-order valence-electron chi connectivity index (χ4n) is 0. The van der Waals surface area contributed by atoms with Gasteiger partial charge in [-0.2, -0.15) is 0 Å². The van der Waals surface area contributed by atoms with E-state index in [0.29, 0.717) is 0 Å². The van der Waals surface area contributed by atoms with Crippen LogP contribution in [0, 0.1) is 10.1 Å². The lowest BCUT2D eigenvalue weighted by Crippen LogP contribution is -2.18. The molecule has 0 aliphatic heterocycles. The van der Waals surface area contributed by atoms with Gasteiger partial charge in [-0.05, 0) is 0 Å². The van der Waals surface area contributed by atoms with Crippen LogP contribution in [-0.4, -0.2) is 16.3 Å². The molecule has 0 aromatic rings. The third-order valence-electron chi connectivity index (χ3n) is 0. The van der Waals surface area contributed by atoms with Crippen LogP contribution >= 0.6 is 0 Å². The Hall–Kier alpha value is -1.57. The second kappa shape index (κ2) is 9.66. The fourth-order valence-corrected chi connectivity index (χ4v) is 0. The summed E-state index contributed by atoms with van der Waals surface area (Å²) >= 11 is 0. The molecule has 0 saturated carbocycles. The van der Waals surface area contributed by atoms with Crippen molar-refractivity contribution in [2.75, 3.05) is 0 Å². The predicted octanol–water partition coefficient (Wildman–Crippen LogP) is -0.948. The SMILES string of the molecule is NC(N)=O.O=[N+]([O-])O.[NH4+]. The van der Waals surface area contributed by atoms with Crippen molar-refractivity contribution in [2.24, 2.45) is 11.5 Å². The first-order valence-electron chi connectivity index (χ1n) is 1.35. The molecule has 0 rings (SSSR count). The minimum Gasteiger partial charge on any atom is -0.369 e. The standard InChI is InChI=1S/CH4N2O.HNO3.H3N/c2*2-1(3)4;/h(H4,2,3,4);(H,2,3,4);1H3/p+1. The van der Waals surface area contributed by atoms with Gasteiger partial charge in [0.15, 0.2) is 0 Å². The highest BCUT2D eigenvalue weighted by Gasteiger charge is 1.65. The number of amides is 2. The van der Waals surface area contributed by atoms with E-state index in [1.54, 1.807) is 0 Å². The number of rotatable bonds is 0. The Morgan fingerprint density at radius 2 is 1.56 bits per heavy atom. The Labute approximate surface area is 50.1 Å². The van der Waals surface area contributed by atoms with Gasteiger partial charge in [-0.15, -0.1) is 10.1 Å². The van der Waals surface area contributed by atoms with E-state index in [-0.39, 0.29) is 6.15 Å². The van der Waals surface area contributed by atoms with Gasteiger partial charge in [-0.3, -0.25) is 0 Å². The molecule has 0 bridgehead atoms. The average molecular weight is 141 g/mol. The number of carbonyl (C=O) groups excluding carboxylic acids is 1. The van der Waals surface area contributed by atoms with Gasteiger partial charge in [0, 0.05) is 0 Å². The number of carbonyl (C=O) groups is 1. The summed E-state index contributed by atoms with van der Waals surface area (Å²) in [6.45, 7) is 0. The highest BCUT2D eigenvalue weighted by Crippen LogP contribution is 1.38. The molecule has 0 radical (unpaired) electrons. The van der Waals surface area contributed by atoms with Crippen LogP contribution in [0.5, 0.6) is 0 Å². The fraction of sp³-hybridized carbons (Fsp3) is 0. The van der Waals surface area contributed by atoms with E-state index in [1.165, 1.54) is 0 Å². The van der Waals surface area contributed by atoms with Gasteiger partial charge in [-0.25, -0.2) is 4.79 Å². The van der Waals surface area contributed by atoms with Crippen LogP contribution in [0.15, 0.2) is 0 Å². The molecule has 9 heavy (non-hydrogen) atoms. The van der Waals surface area contributed by atoms with E-state index in [4.69, 9.17) is 20.1 Å². The first-order valence-corrected chi connectivity index (χ1v) is 1.35. The Morgan fingerprint density at radius 1 is 1.56 bits per heavy atom. The van der Waals surface area contributed by atoms with Crippen molar-refractivity contribution in [3.63, 3.8) is 0 Å². The van der Waals surface area contributed by atoms with Crippen LogP contribution in [0.2, 0.25) is 0 Å². The second-order valence-electron chi connectivity index (χ2n) is 0.640. The first-order chi connectivity index (χ1) is 3.46. The number of quaternary nitrogens is 1. The Bertz CT molecular complexity index is 70.6. The summed E-state index contributed by atoms with van der Waals surface area (Å²) in [5, 5.41) is 13.6. The summed E-state index contributed by atoms with van der Waals surface area (Å²) in [5.74, 6) is 0. The maximum atomic E-state index is 9.00. The summed E-state index contributed by atoms with van der Waals surface area (Å²) in [6, 6.07) is -0.833. The molecule has 0 fully saturated rings. The van der Waals surface area contributed by atoms with Gasteiger partial charge in [0.1, 0.15) is 0 Å². The summed E-state index contributed by atoms with van der Waals surface area (Å²) in [7, 11) is 0. The number of hydrogen-bond acceptors (Lipinski definition) is 3. The first kappa shape index (κ1) is 15.7. The van der Waals surface area contributed by atoms with E-state index < -0.39 is 11.1 Å². The van der Waals surface area contributed by atoms with Crippen molar-refractivity contribution >= 4 is 6.03 Å². The zero-order chi connectivity index (χ0) is 7.15. The Balaban J connectivity index is -0.0000000720. The number of nitrogens with two attached hydrogens (primary N) is 2. The smallest absolute Gasteiger partial charge is 0.309 e. The van der Waals surface area contributed by atoms with Gasteiger partial charge in [0.2, 0.25) is 0 Å². The van der Waals surface area contributed by atoms with Crippen molar-refractivity contribution in [3.8, 4) is 0 Å². The molecule has 0 saturated heterocycles. The van der Waals surface area contributed by atoms with Crippen LogP contribution in [0.25, 0.3) is 0 Å². The molecule has 56 valence electrons. The van der Waals surface area contributed by atoms with Crippen LogP contribution in [0.1, 0.15) is 0 Å². The molecule has 0 aliphatic carbocycles. The number of nitrogens with zero attached hydrogens (tertiary/aromatic N) is 1. The Kier molecular flexibility index (Phi) is 16.8. The third kappa shape index (κ3) is 51.2. The predicted molar refractivity (Wildman–Crippen MR) is 28.5 cm³/mol. The van der Waals surface area contributed by atoms with Crippen LogP contribution in [0.4, 0.5) is 4.79 Å². The lowest BCUT2D eigenvalue weighted by molar-refractivity contribution is -0.742. The molecule has 0 spiro atoms. The van der Waals surface area contributed by atoms with Crippen LogP contribution in [-0.2, 0) is 0 Å². The van der Waals surface area contributed by atoms with Gasteiger partial charge in [0.05, 0.1) is 0 Å². The molecular weight excluding hydrogens is 132 g/mol. The highest BCUT2D eigenvalue weighted by atomic mass is 16.9. The minimum atomic E-state index is -1.50. The lowest BCUT2D eigenvalue weighted by Gasteiger charge is -1.62. The van der Waals surface area contributed by atoms with E-state index in [9.17, 15) is 0 Å². The number of primary amides is 2. The summed E-state index contributed by atoms with van der Waals surface area (Å²) in [5.41, 5.74) is 8.50. The summed E-state index contributed by atoms with van der Waals surface area (Å²) in [4.78, 5) is 17.4. The topological polar surface area (TPSA) is 169 Å². The zero-order valence-electron chi connectivity index (χ0n) is 4.77. The van der Waals surface area contributed by atoms with Gasteiger partial charge in [-0.1, -0.05) is 0 Å². The molecular formula is CH9N4O4+. The van der Waals surface area contributed by atoms with Gasteiger partial charge in [0.25, 0.3) is 5.09 Å². The molecule has 0 unspecified atom stereocenters. The molecule has 0 aromatic carbocycles. The number of hydrogen-bond donors (Lipinski definition) is 4. The largest absolute Gasteiger partial charge is 0.369 e. The molecule has 0 heterocycles. The monoisotopic (exact) mass is 141 g/mol. The third-order valence-corrected chi connectivity index (χ3v) is 0. The number of urea groups is 1. The van der Waals surface area contributed by atoms with Gasteiger partial charge >= 0.3 is 6.03 Å². The normalized spacial score (nSPS) is 5.33. The maximum absolute atomic E-state index is 9.00. The maximum Gasteiger partial charge on any atom is 0.309 e. The van der Waals surface area contributed by atoms with Gasteiger partial charge < -0.3 is 22.8 Å². The van der Waals surface area contributed by atoms with Crippen LogP contribution < -0.4 is 17.6 Å². The molecule has 0 atom stereocenters. The van der Waals surface area contributed by atoms with Crippen molar-refractivity contribution in [3.05, 3.63) is 10.1 Å². The molecule has 9 N–H and O–H groups in total. The molecule has 8 heteroatoms. The molecule has 0 aromatic heterocycles. The summed E-state index contributed by atoms with van der Waals surface area (Å²) < 4.78 is 0. The minimum absolute atomic E-state index is 0. The van der Waals surface area contributed by atoms with Crippen molar-refractivity contribution in [1.82, 2.24) is 6.15 Å². The van der Waals surface area contributed by atoms with Crippen LogP contribution in [0.3, 0.4) is 0 Å². The lowest BCUT2D eigenvalue weighted by atomic mass is 11.2. The van der Waals surface area contributed by atoms with Crippen molar-refractivity contribution in [1.29, 1.82) is 0 Å².